The van der Waals surface area contributed by atoms with Crippen molar-refractivity contribution in [2.24, 2.45) is 0 Å². The van der Waals surface area contributed by atoms with E-state index < -0.39 is 5.97 Å². The van der Waals surface area contributed by atoms with E-state index in [9.17, 15) is 4.79 Å². The summed E-state index contributed by atoms with van der Waals surface area (Å²) in [5, 5.41) is 11.0. The van der Waals surface area contributed by atoms with Crippen LogP contribution in [-0.4, -0.2) is 22.7 Å². The molecular formula is C8H9NO3S. The Kier molecular flexibility index (Phi) is 2.28. The number of nitrogens with zero attached hydrogens (tertiary/aromatic N) is 1. The molecule has 0 aliphatic carbocycles. The number of aromatic carboxylic acids is 1. The maximum atomic E-state index is 10.5. The summed E-state index contributed by atoms with van der Waals surface area (Å²) in [7, 11) is 0. The Morgan fingerprint density at radius 3 is 3.15 bits per heavy atom. The highest BCUT2D eigenvalue weighted by Gasteiger charge is 2.21. The third-order valence-electron chi connectivity index (χ3n) is 1.95. The van der Waals surface area contributed by atoms with Crippen molar-refractivity contribution in [3.8, 4) is 0 Å². The van der Waals surface area contributed by atoms with E-state index in [4.69, 9.17) is 9.84 Å². The highest BCUT2D eigenvalue weighted by molar-refractivity contribution is 7.09. The fourth-order valence-electron chi connectivity index (χ4n) is 1.31. The average molecular weight is 199 g/mol. The summed E-state index contributed by atoms with van der Waals surface area (Å²) in [4.78, 5) is 14.5. The fraction of sp³-hybridized carbons (Fsp3) is 0.500. The van der Waals surface area contributed by atoms with Gasteiger partial charge in [0, 0.05) is 12.0 Å². The Hall–Kier alpha value is -0.940. The van der Waals surface area contributed by atoms with Gasteiger partial charge in [-0.2, -0.15) is 0 Å². The van der Waals surface area contributed by atoms with E-state index in [2.05, 4.69) is 4.98 Å². The number of aromatic nitrogens is 1. The zero-order valence-electron chi connectivity index (χ0n) is 6.90. The summed E-state index contributed by atoms with van der Waals surface area (Å²) in [5.41, 5.74) is 0.121. The smallest absolute Gasteiger partial charge is 0.355 e. The molecule has 0 amide bonds. The zero-order chi connectivity index (χ0) is 9.26. The van der Waals surface area contributed by atoms with Crippen LogP contribution in [0.15, 0.2) is 5.38 Å². The molecule has 5 heteroatoms. The van der Waals surface area contributed by atoms with Crippen molar-refractivity contribution in [3.05, 3.63) is 16.1 Å². The van der Waals surface area contributed by atoms with Crippen molar-refractivity contribution in [1.82, 2.24) is 4.98 Å². The molecule has 0 aromatic carbocycles. The van der Waals surface area contributed by atoms with Crippen LogP contribution in [0.1, 0.15) is 34.4 Å². The third-order valence-corrected chi connectivity index (χ3v) is 2.88. The van der Waals surface area contributed by atoms with Crippen molar-refractivity contribution in [1.29, 1.82) is 0 Å². The molecule has 0 bridgehead atoms. The minimum absolute atomic E-state index is 0.0260. The second-order valence-electron chi connectivity index (χ2n) is 2.88. The van der Waals surface area contributed by atoms with Crippen LogP contribution in [0.5, 0.6) is 0 Å². The molecule has 0 unspecified atom stereocenters. The van der Waals surface area contributed by atoms with Crippen LogP contribution in [0.4, 0.5) is 0 Å². The van der Waals surface area contributed by atoms with Crippen LogP contribution < -0.4 is 0 Å². The Morgan fingerprint density at radius 2 is 2.62 bits per heavy atom. The number of thiazole rings is 1. The zero-order valence-corrected chi connectivity index (χ0v) is 7.71. The quantitative estimate of drug-likeness (QED) is 0.787. The van der Waals surface area contributed by atoms with Crippen LogP contribution in [0.2, 0.25) is 0 Å². The van der Waals surface area contributed by atoms with Crippen molar-refractivity contribution in [2.75, 3.05) is 6.61 Å². The van der Waals surface area contributed by atoms with Gasteiger partial charge in [0.15, 0.2) is 5.69 Å². The number of hydrogen-bond donors (Lipinski definition) is 1. The standard InChI is InChI=1S/C8H9NO3S/c10-8(11)5-4-13-7(9-5)6-2-1-3-12-6/h4,6H,1-3H2,(H,10,11)/t6-/m1/s1. The van der Waals surface area contributed by atoms with Crippen LogP contribution in [0.3, 0.4) is 0 Å². The van der Waals surface area contributed by atoms with Gasteiger partial charge in [-0.05, 0) is 12.8 Å². The second-order valence-corrected chi connectivity index (χ2v) is 3.77. The van der Waals surface area contributed by atoms with Gasteiger partial charge in [-0.25, -0.2) is 9.78 Å². The highest BCUT2D eigenvalue weighted by Crippen LogP contribution is 2.30. The molecule has 0 saturated carbocycles. The van der Waals surface area contributed by atoms with Gasteiger partial charge >= 0.3 is 5.97 Å². The van der Waals surface area contributed by atoms with Crippen LogP contribution in [-0.2, 0) is 4.74 Å². The normalized spacial score (nSPS) is 22.0. The SMILES string of the molecule is O=C(O)c1csc([C@H]2CCCO2)n1. The molecule has 2 rings (SSSR count). The van der Waals surface area contributed by atoms with E-state index in [-0.39, 0.29) is 11.8 Å². The molecule has 1 saturated heterocycles. The molecule has 1 aliphatic rings. The average Bonchev–Trinajstić information content (AvgIpc) is 2.75. The summed E-state index contributed by atoms with van der Waals surface area (Å²) < 4.78 is 5.39. The minimum Gasteiger partial charge on any atom is -0.476 e. The molecule has 0 spiro atoms. The first-order valence-electron chi connectivity index (χ1n) is 4.07. The third kappa shape index (κ3) is 1.71. The number of rotatable bonds is 2. The largest absolute Gasteiger partial charge is 0.476 e. The molecule has 1 N–H and O–H groups in total. The minimum atomic E-state index is -0.972. The van der Waals surface area contributed by atoms with Crippen molar-refractivity contribution in [3.63, 3.8) is 0 Å². The molecule has 1 atom stereocenters. The maximum Gasteiger partial charge on any atom is 0.355 e. The van der Waals surface area contributed by atoms with Crippen LogP contribution >= 0.6 is 11.3 Å². The predicted octanol–water partition coefficient (Wildman–Crippen LogP) is 1.69. The molecule has 1 fully saturated rings. The molecular weight excluding hydrogens is 190 g/mol. The molecule has 4 nitrogen and oxygen atoms in total. The molecule has 70 valence electrons. The summed E-state index contributed by atoms with van der Waals surface area (Å²) in [6.07, 6.45) is 2.01. The molecule has 1 aliphatic heterocycles. The topological polar surface area (TPSA) is 59.4 Å². The van der Waals surface area contributed by atoms with E-state index in [0.29, 0.717) is 0 Å². The summed E-state index contributed by atoms with van der Waals surface area (Å²) in [5.74, 6) is -0.972. The Morgan fingerprint density at radius 1 is 1.77 bits per heavy atom. The van der Waals surface area contributed by atoms with Gasteiger partial charge in [-0.15, -0.1) is 11.3 Å². The van der Waals surface area contributed by atoms with Gasteiger partial charge in [0.1, 0.15) is 11.1 Å². The van der Waals surface area contributed by atoms with Gasteiger partial charge in [-0.1, -0.05) is 0 Å². The Labute approximate surface area is 79.2 Å². The van der Waals surface area contributed by atoms with Gasteiger partial charge in [0.05, 0.1) is 0 Å². The van der Waals surface area contributed by atoms with E-state index >= 15 is 0 Å². The molecule has 2 heterocycles. The molecule has 13 heavy (non-hydrogen) atoms. The lowest BCUT2D eigenvalue weighted by Crippen LogP contribution is -1.99. The fourth-order valence-corrected chi connectivity index (χ4v) is 2.18. The van der Waals surface area contributed by atoms with Gasteiger partial charge < -0.3 is 9.84 Å². The number of carboxylic acid groups (broad SMARTS) is 1. The lowest BCUT2D eigenvalue weighted by Gasteiger charge is -2.02. The maximum absolute atomic E-state index is 10.5. The van der Waals surface area contributed by atoms with Gasteiger partial charge in [0.25, 0.3) is 0 Å². The van der Waals surface area contributed by atoms with Crippen molar-refractivity contribution < 1.29 is 14.6 Å². The lowest BCUT2D eigenvalue weighted by molar-refractivity contribution is 0.0689. The molecule has 1 aromatic heterocycles. The first-order valence-corrected chi connectivity index (χ1v) is 4.95. The molecule has 0 radical (unpaired) electrons. The lowest BCUT2D eigenvalue weighted by atomic mass is 10.2. The van der Waals surface area contributed by atoms with Crippen molar-refractivity contribution in [2.45, 2.75) is 18.9 Å². The summed E-state index contributed by atoms with van der Waals surface area (Å²) in [6, 6.07) is 0. The first-order chi connectivity index (χ1) is 6.27. The second kappa shape index (κ2) is 3.43. The number of carbonyl (C=O) groups is 1. The van der Waals surface area contributed by atoms with Crippen LogP contribution in [0.25, 0.3) is 0 Å². The van der Waals surface area contributed by atoms with E-state index in [1.54, 1.807) is 5.38 Å². The number of carboxylic acids is 1. The number of ether oxygens (including phenoxy) is 1. The van der Waals surface area contributed by atoms with Gasteiger partial charge in [0.2, 0.25) is 0 Å². The predicted molar refractivity (Wildman–Crippen MR) is 47.0 cm³/mol. The van der Waals surface area contributed by atoms with Crippen molar-refractivity contribution >= 4 is 17.3 Å². The van der Waals surface area contributed by atoms with E-state index in [1.807, 2.05) is 0 Å². The molecule has 1 aromatic rings. The first kappa shape index (κ1) is 8.65. The summed E-state index contributed by atoms with van der Waals surface area (Å²) >= 11 is 1.36. The van der Waals surface area contributed by atoms with E-state index in [1.165, 1.54) is 11.3 Å². The summed E-state index contributed by atoms with van der Waals surface area (Å²) in [6.45, 7) is 0.757. The van der Waals surface area contributed by atoms with Gasteiger partial charge in [-0.3, -0.25) is 0 Å². The highest BCUT2D eigenvalue weighted by atomic mass is 32.1. The Balaban J connectivity index is 2.16. The van der Waals surface area contributed by atoms with E-state index in [0.717, 1.165) is 24.5 Å². The van der Waals surface area contributed by atoms with Crippen LogP contribution in [0, 0.1) is 0 Å². The monoisotopic (exact) mass is 199 g/mol. The Bertz CT molecular complexity index is 317. The number of hydrogen-bond acceptors (Lipinski definition) is 4.